The van der Waals surface area contributed by atoms with Gasteiger partial charge in [0, 0.05) is 39.3 Å². The third-order valence-electron chi connectivity index (χ3n) is 4.10. The number of benzene rings is 1. The number of carbonyl (C=O) groups excluding carboxylic acids is 1. The van der Waals surface area contributed by atoms with Gasteiger partial charge in [0.15, 0.2) is 5.96 Å². The first kappa shape index (κ1) is 18.3. The highest BCUT2D eigenvalue weighted by atomic mass is 16.1. The Morgan fingerprint density at radius 3 is 2.71 bits per heavy atom. The van der Waals surface area contributed by atoms with Gasteiger partial charge in [-0.1, -0.05) is 18.6 Å². The molecule has 0 aliphatic carbocycles. The van der Waals surface area contributed by atoms with Crippen LogP contribution >= 0.6 is 0 Å². The van der Waals surface area contributed by atoms with Gasteiger partial charge in [-0.25, -0.2) is 0 Å². The minimum Gasteiger partial charge on any atom is -0.355 e. The zero-order valence-corrected chi connectivity index (χ0v) is 14.8. The molecule has 1 aromatic rings. The van der Waals surface area contributed by atoms with Crippen LogP contribution < -0.4 is 16.0 Å². The minimum absolute atomic E-state index is 0.0599. The van der Waals surface area contributed by atoms with Crippen molar-refractivity contribution in [3.63, 3.8) is 0 Å². The number of anilines is 1. The van der Waals surface area contributed by atoms with Gasteiger partial charge >= 0.3 is 0 Å². The summed E-state index contributed by atoms with van der Waals surface area (Å²) in [6.45, 7) is 6.55. The van der Waals surface area contributed by atoms with Gasteiger partial charge in [0.05, 0.1) is 0 Å². The van der Waals surface area contributed by atoms with E-state index in [0.717, 1.165) is 30.3 Å². The van der Waals surface area contributed by atoms with Crippen molar-refractivity contribution in [2.45, 2.75) is 32.7 Å². The Morgan fingerprint density at radius 1 is 1.21 bits per heavy atom. The maximum absolute atomic E-state index is 11.1. The molecule has 1 aliphatic heterocycles. The van der Waals surface area contributed by atoms with Crippen LogP contribution in [0.25, 0.3) is 0 Å². The van der Waals surface area contributed by atoms with Crippen molar-refractivity contribution in [3.05, 3.63) is 29.8 Å². The molecular formula is C18H29N5O. The number of nitrogens with zero attached hydrogens (tertiary/aromatic N) is 2. The van der Waals surface area contributed by atoms with Crippen LogP contribution in [0.4, 0.5) is 5.69 Å². The highest BCUT2D eigenvalue weighted by Crippen LogP contribution is 2.10. The average molecular weight is 331 g/mol. The number of rotatable bonds is 6. The molecular weight excluding hydrogens is 302 g/mol. The highest BCUT2D eigenvalue weighted by molar-refractivity contribution is 5.88. The first-order valence-corrected chi connectivity index (χ1v) is 8.71. The number of hydrogen-bond acceptors (Lipinski definition) is 3. The Balaban J connectivity index is 1.73. The number of amides is 1. The molecule has 6 heteroatoms. The molecule has 1 aliphatic rings. The number of piperidine rings is 1. The van der Waals surface area contributed by atoms with E-state index in [4.69, 9.17) is 0 Å². The third kappa shape index (κ3) is 6.58. The van der Waals surface area contributed by atoms with E-state index in [1.807, 2.05) is 24.3 Å². The van der Waals surface area contributed by atoms with Crippen molar-refractivity contribution >= 4 is 17.6 Å². The monoisotopic (exact) mass is 331 g/mol. The normalized spacial score (nSPS) is 15.8. The van der Waals surface area contributed by atoms with E-state index in [1.54, 1.807) is 7.05 Å². The lowest BCUT2D eigenvalue weighted by molar-refractivity contribution is -0.114. The quantitative estimate of drug-likeness (QED) is 0.549. The summed E-state index contributed by atoms with van der Waals surface area (Å²) in [4.78, 5) is 17.9. The molecule has 1 fully saturated rings. The van der Waals surface area contributed by atoms with Crippen molar-refractivity contribution in [2.75, 3.05) is 38.5 Å². The van der Waals surface area contributed by atoms with E-state index in [-0.39, 0.29) is 5.91 Å². The second-order valence-corrected chi connectivity index (χ2v) is 6.14. The number of nitrogens with one attached hydrogen (secondary N) is 3. The lowest BCUT2D eigenvalue weighted by Crippen LogP contribution is -2.42. The fourth-order valence-corrected chi connectivity index (χ4v) is 2.88. The predicted molar refractivity (Wildman–Crippen MR) is 99.2 cm³/mol. The lowest BCUT2D eigenvalue weighted by Gasteiger charge is -2.26. The summed E-state index contributed by atoms with van der Waals surface area (Å²) in [7, 11) is 1.78. The largest absolute Gasteiger partial charge is 0.355 e. The summed E-state index contributed by atoms with van der Waals surface area (Å²) in [5, 5.41) is 9.47. The summed E-state index contributed by atoms with van der Waals surface area (Å²) in [6, 6.07) is 7.82. The van der Waals surface area contributed by atoms with Gasteiger partial charge < -0.3 is 20.9 Å². The number of guanidine groups is 1. The Bertz CT molecular complexity index is 552. The fourth-order valence-electron chi connectivity index (χ4n) is 2.88. The molecule has 6 nitrogen and oxygen atoms in total. The van der Waals surface area contributed by atoms with Gasteiger partial charge in [0.25, 0.3) is 0 Å². The highest BCUT2D eigenvalue weighted by Gasteiger charge is 2.09. The van der Waals surface area contributed by atoms with Gasteiger partial charge in [0.1, 0.15) is 0 Å². The number of hydrogen-bond donors (Lipinski definition) is 3. The van der Waals surface area contributed by atoms with E-state index < -0.39 is 0 Å². The first-order chi connectivity index (χ1) is 11.7. The summed E-state index contributed by atoms with van der Waals surface area (Å²) in [5.74, 6) is 0.743. The third-order valence-corrected chi connectivity index (χ3v) is 4.10. The molecule has 0 aromatic heterocycles. The number of aliphatic imine (C=N–C) groups is 1. The molecule has 2 rings (SSSR count). The minimum atomic E-state index is -0.0599. The van der Waals surface area contributed by atoms with Gasteiger partial charge in [-0.3, -0.25) is 9.79 Å². The zero-order chi connectivity index (χ0) is 17.2. The lowest BCUT2D eigenvalue weighted by atomic mass is 10.1. The Hall–Kier alpha value is -2.08. The van der Waals surface area contributed by atoms with Crippen LogP contribution in [0.3, 0.4) is 0 Å². The molecule has 1 saturated heterocycles. The Morgan fingerprint density at radius 2 is 2.00 bits per heavy atom. The summed E-state index contributed by atoms with van der Waals surface area (Å²) >= 11 is 0. The standard InChI is InChI=1S/C18H29N5O/c1-15(24)22-17-8-6-7-16(13-17)14-21-18(19-2)20-9-12-23-10-4-3-5-11-23/h6-8,13H,3-5,9-12,14H2,1-2H3,(H,22,24)(H2,19,20,21). The molecule has 0 saturated carbocycles. The number of likely N-dealkylation sites (tertiary alicyclic amines) is 1. The van der Waals surface area contributed by atoms with Crippen LogP contribution in [-0.2, 0) is 11.3 Å². The summed E-state index contributed by atoms with van der Waals surface area (Å²) in [6.07, 6.45) is 4.00. The Kier molecular flexibility index (Phi) is 7.55. The van der Waals surface area contributed by atoms with E-state index >= 15 is 0 Å². The predicted octanol–water partition coefficient (Wildman–Crippen LogP) is 1.80. The molecule has 0 unspecified atom stereocenters. The first-order valence-electron chi connectivity index (χ1n) is 8.71. The fraction of sp³-hybridized carbons (Fsp3) is 0.556. The van der Waals surface area contributed by atoms with Crippen molar-refractivity contribution < 1.29 is 4.79 Å². The molecule has 0 atom stereocenters. The van der Waals surface area contributed by atoms with Crippen molar-refractivity contribution in [1.82, 2.24) is 15.5 Å². The maximum atomic E-state index is 11.1. The van der Waals surface area contributed by atoms with Crippen LogP contribution in [0, 0.1) is 0 Å². The van der Waals surface area contributed by atoms with E-state index in [2.05, 4.69) is 25.8 Å². The maximum Gasteiger partial charge on any atom is 0.221 e. The smallest absolute Gasteiger partial charge is 0.221 e. The van der Waals surface area contributed by atoms with Crippen molar-refractivity contribution in [2.24, 2.45) is 4.99 Å². The van der Waals surface area contributed by atoms with E-state index in [1.165, 1.54) is 39.3 Å². The molecule has 1 aromatic carbocycles. The van der Waals surface area contributed by atoms with Crippen LogP contribution in [0.1, 0.15) is 31.7 Å². The summed E-state index contributed by atoms with van der Waals surface area (Å²) in [5.41, 5.74) is 1.91. The van der Waals surface area contributed by atoms with Crippen LogP contribution in [0.5, 0.6) is 0 Å². The molecule has 0 radical (unpaired) electrons. The molecule has 24 heavy (non-hydrogen) atoms. The molecule has 1 heterocycles. The van der Waals surface area contributed by atoms with Crippen LogP contribution in [0.2, 0.25) is 0 Å². The van der Waals surface area contributed by atoms with E-state index in [9.17, 15) is 4.79 Å². The molecule has 0 spiro atoms. The average Bonchev–Trinajstić information content (AvgIpc) is 2.58. The van der Waals surface area contributed by atoms with Gasteiger partial charge in [0.2, 0.25) is 5.91 Å². The summed E-state index contributed by atoms with van der Waals surface area (Å²) < 4.78 is 0. The van der Waals surface area contributed by atoms with Gasteiger partial charge in [-0.15, -0.1) is 0 Å². The van der Waals surface area contributed by atoms with Crippen molar-refractivity contribution in [1.29, 1.82) is 0 Å². The number of carbonyl (C=O) groups is 1. The van der Waals surface area contributed by atoms with Crippen molar-refractivity contribution in [3.8, 4) is 0 Å². The van der Waals surface area contributed by atoms with E-state index in [0.29, 0.717) is 6.54 Å². The molecule has 1 amide bonds. The van der Waals surface area contributed by atoms with Gasteiger partial charge in [-0.2, -0.15) is 0 Å². The molecule has 3 N–H and O–H groups in total. The van der Waals surface area contributed by atoms with Crippen LogP contribution in [0.15, 0.2) is 29.3 Å². The molecule has 0 bridgehead atoms. The SMILES string of the molecule is CN=C(NCCN1CCCCC1)NCc1cccc(NC(C)=O)c1. The second kappa shape index (κ2) is 9.93. The zero-order valence-electron chi connectivity index (χ0n) is 14.8. The van der Waals surface area contributed by atoms with Gasteiger partial charge in [-0.05, 0) is 43.6 Å². The molecule has 132 valence electrons. The Labute approximate surface area is 144 Å². The topological polar surface area (TPSA) is 68.8 Å². The second-order valence-electron chi connectivity index (χ2n) is 6.14. The van der Waals surface area contributed by atoms with Crippen LogP contribution in [-0.4, -0.2) is 50.0 Å².